The zero-order valence-corrected chi connectivity index (χ0v) is 24.4. The van der Waals surface area contributed by atoms with Gasteiger partial charge >= 0.3 is 6.18 Å². The average molecular weight is 583 g/mol. The lowest BCUT2D eigenvalue weighted by Gasteiger charge is -2.51. The van der Waals surface area contributed by atoms with Crippen LogP contribution in [0.2, 0.25) is 5.02 Å². The first-order valence-electron chi connectivity index (χ1n) is 13.8. The molecule has 2 fully saturated rings. The molecule has 39 heavy (non-hydrogen) atoms. The van der Waals surface area contributed by atoms with E-state index >= 15 is 0 Å². The third kappa shape index (κ3) is 6.55. The van der Waals surface area contributed by atoms with Crippen LogP contribution in [0.25, 0.3) is 0 Å². The molecule has 0 amide bonds. The fourth-order valence-electron chi connectivity index (χ4n) is 6.30. The SMILES string of the molecule is CCN(C/C=C\CN1CC(C2CCC(c3cccc(Cl)c3C)CC2)C1C)S(=O)(=O)c1ccccc1C(F)(F)F. The topological polar surface area (TPSA) is 40.6 Å². The first-order valence-corrected chi connectivity index (χ1v) is 15.6. The van der Waals surface area contributed by atoms with E-state index in [1.165, 1.54) is 48.9 Å². The van der Waals surface area contributed by atoms with Gasteiger partial charge in [-0.05, 0) is 86.6 Å². The monoisotopic (exact) mass is 582 g/mol. The summed E-state index contributed by atoms with van der Waals surface area (Å²) >= 11 is 6.34. The van der Waals surface area contributed by atoms with Crippen molar-refractivity contribution in [2.75, 3.05) is 26.2 Å². The summed E-state index contributed by atoms with van der Waals surface area (Å²) in [5.41, 5.74) is 1.46. The maximum Gasteiger partial charge on any atom is 0.417 e. The highest BCUT2D eigenvalue weighted by molar-refractivity contribution is 7.89. The maximum atomic E-state index is 13.4. The zero-order valence-electron chi connectivity index (χ0n) is 22.8. The summed E-state index contributed by atoms with van der Waals surface area (Å²) in [5, 5.41) is 0.844. The number of sulfonamides is 1. The van der Waals surface area contributed by atoms with Crippen LogP contribution in [0.15, 0.2) is 59.5 Å². The van der Waals surface area contributed by atoms with Gasteiger partial charge in [0.05, 0.1) is 10.5 Å². The van der Waals surface area contributed by atoms with E-state index in [9.17, 15) is 21.6 Å². The van der Waals surface area contributed by atoms with Gasteiger partial charge in [-0.15, -0.1) is 0 Å². The van der Waals surface area contributed by atoms with Gasteiger partial charge in [0, 0.05) is 37.2 Å². The number of nitrogens with zero attached hydrogens (tertiary/aromatic N) is 2. The minimum absolute atomic E-state index is 0.0314. The highest BCUT2D eigenvalue weighted by Crippen LogP contribution is 2.44. The predicted octanol–water partition coefficient (Wildman–Crippen LogP) is 7.53. The van der Waals surface area contributed by atoms with Crippen molar-refractivity contribution in [1.29, 1.82) is 0 Å². The minimum Gasteiger partial charge on any atom is -0.296 e. The second-order valence-corrected chi connectivity index (χ2v) is 13.2. The Labute approximate surface area is 235 Å². The minimum atomic E-state index is -4.74. The van der Waals surface area contributed by atoms with Crippen LogP contribution in [0.5, 0.6) is 0 Å². The number of alkyl halides is 3. The fourth-order valence-corrected chi connectivity index (χ4v) is 8.09. The standard InChI is InChI=1S/C30H38ClF3N2O2S/c1-4-36(39(37,38)29-13-6-5-11-27(29)30(32,33)34)19-8-7-18-35-20-26(22(35)3)24-16-14-23(15-17-24)25-10-9-12-28(31)21(25)2/h5-13,22-24,26H,4,14-20H2,1-3H3/b8-7-. The van der Waals surface area contributed by atoms with E-state index in [0.29, 0.717) is 30.3 Å². The Morgan fingerprint density at radius 1 is 1.05 bits per heavy atom. The van der Waals surface area contributed by atoms with Crippen LogP contribution in [-0.4, -0.2) is 49.8 Å². The number of rotatable bonds is 9. The van der Waals surface area contributed by atoms with E-state index in [2.05, 4.69) is 24.8 Å². The van der Waals surface area contributed by atoms with Gasteiger partial charge < -0.3 is 0 Å². The maximum absolute atomic E-state index is 13.4. The van der Waals surface area contributed by atoms with Crippen LogP contribution < -0.4 is 0 Å². The second-order valence-electron chi connectivity index (χ2n) is 10.8. The Hall–Kier alpha value is -1.87. The lowest BCUT2D eigenvalue weighted by atomic mass is 9.68. The lowest BCUT2D eigenvalue weighted by molar-refractivity contribution is -0.139. The van der Waals surface area contributed by atoms with E-state index < -0.39 is 26.7 Å². The number of hydrogen-bond acceptors (Lipinski definition) is 3. The molecule has 0 aromatic heterocycles. The van der Waals surface area contributed by atoms with Gasteiger partial charge in [-0.2, -0.15) is 17.5 Å². The van der Waals surface area contributed by atoms with Gasteiger partial charge in [-0.3, -0.25) is 4.90 Å². The third-order valence-corrected chi connectivity index (χ3v) is 11.2. The van der Waals surface area contributed by atoms with Crippen molar-refractivity contribution < 1.29 is 21.6 Å². The molecular formula is C30H38ClF3N2O2S. The second kappa shape index (κ2) is 12.3. The van der Waals surface area contributed by atoms with Crippen LogP contribution >= 0.6 is 11.6 Å². The van der Waals surface area contributed by atoms with Gasteiger partial charge in [0.25, 0.3) is 0 Å². The third-order valence-electron chi connectivity index (χ3n) is 8.75. The molecule has 0 bridgehead atoms. The normalized spacial score (nSPS) is 24.8. The van der Waals surface area contributed by atoms with Gasteiger partial charge in [-0.1, -0.05) is 54.9 Å². The molecule has 0 N–H and O–H groups in total. The first kappa shape index (κ1) is 30.1. The zero-order chi connectivity index (χ0) is 28.4. The van der Waals surface area contributed by atoms with Crippen molar-refractivity contribution in [2.45, 2.75) is 69.5 Å². The summed E-state index contributed by atoms with van der Waals surface area (Å²) in [5.74, 6) is 1.95. The largest absolute Gasteiger partial charge is 0.417 e. The average Bonchev–Trinajstić information content (AvgIpc) is 2.91. The molecule has 2 atom stereocenters. The number of likely N-dealkylation sites (tertiary alicyclic amines) is 1. The van der Waals surface area contributed by atoms with E-state index in [1.54, 1.807) is 13.0 Å². The summed E-state index contributed by atoms with van der Waals surface area (Å²) in [6.07, 6.45) is 3.75. The summed E-state index contributed by atoms with van der Waals surface area (Å²) in [6, 6.07) is 11.0. The molecule has 2 unspecified atom stereocenters. The van der Waals surface area contributed by atoms with Crippen LogP contribution in [0.3, 0.4) is 0 Å². The van der Waals surface area contributed by atoms with Gasteiger partial charge in [0.15, 0.2) is 0 Å². The fraction of sp³-hybridized carbons (Fsp3) is 0.533. The Bertz CT molecular complexity index is 1270. The molecule has 0 spiro atoms. The van der Waals surface area contributed by atoms with Crippen LogP contribution in [-0.2, 0) is 16.2 Å². The van der Waals surface area contributed by atoms with Gasteiger partial charge in [-0.25, -0.2) is 8.42 Å². The molecule has 1 saturated heterocycles. The molecule has 2 aliphatic rings. The highest BCUT2D eigenvalue weighted by Gasteiger charge is 2.41. The highest BCUT2D eigenvalue weighted by atomic mass is 35.5. The smallest absolute Gasteiger partial charge is 0.296 e. The lowest BCUT2D eigenvalue weighted by Crippen LogP contribution is -2.57. The molecule has 1 aliphatic heterocycles. The Morgan fingerprint density at radius 2 is 1.74 bits per heavy atom. The molecule has 1 saturated carbocycles. The van der Waals surface area contributed by atoms with Crippen molar-refractivity contribution in [3.05, 3.63) is 76.3 Å². The van der Waals surface area contributed by atoms with Gasteiger partial charge in [0.1, 0.15) is 0 Å². The Morgan fingerprint density at radius 3 is 2.38 bits per heavy atom. The molecule has 4 nitrogen and oxygen atoms in total. The summed E-state index contributed by atoms with van der Waals surface area (Å²) in [6.45, 7) is 7.83. The summed E-state index contributed by atoms with van der Waals surface area (Å²) < 4.78 is 67.3. The number of likely N-dealkylation sites (N-methyl/N-ethyl adjacent to an activating group) is 1. The van der Waals surface area contributed by atoms with Crippen molar-refractivity contribution >= 4 is 21.6 Å². The van der Waals surface area contributed by atoms with Crippen molar-refractivity contribution in [1.82, 2.24) is 9.21 Å². The van der Waals surface area contributed by atoms with Gasteiger partial charge in [0.2, 0.25) is 10.0 Å². The van der Waals surface area contributed by atoms with Crippen molar-refractivity contribution in [3.8, 4) is 0 Å². The number of hydrogen-bond donors (Lipinski definition) is 0. The van der Waals surface area contributed by atoms with Crippen molar-refractivity contribution in [3.63, 3.8) is 0 Å². The summed E-state index contributed by atoms with van der Waals surface area (Å²) in [7, 11) is -4.28. The molecular weight excluding hydrogens is 545 g/mol. The molecule has 0 radical (unpaired) electrons. The molecule has 1 aliphatic carbocycles. The first-order chi connectivity index (χ1) is 18.4. The summed E-state index contributed by atoms with van der Waals surface area (Å²) in [4.78, 5) is 1.67. The molecule has 4 rings (SSSR count). The molecule has 2 aromatic rings. The Balaban J connectivity index is 1.27. The van der Waals surface area contributed by atoms with Crippen LogP contribution in [0.1, 0.15) is 62.1 Å². The predicted molar refractivity (Wildman–Crippen MR) is 150 cm³/mol. The molecule has 214 valence electrons. The van der Waals surface area contributed by atoms with E-state index in [0.717, 1.165) is 28.0 Å². The van der Waals surface area contributed by atoms with Crippen LogP contribution in [0, 0.1) is 18.8 Å². The number of benzene rings is 2. The molecule has 9 heteroatoms. The number of halogens is 4. The van der Waals surface area contributed by atoms with Crippen LogP contribution in [0.4, 0.5) is 13.2 Å². The van der Waals surface area contributed by atoms with E-state index in [-0.39, 0.29) is 13.1 Å². The quantitative estimate of drug-likeness (QED) is 0.287. The van der Waals surface area contributed by atoms with E-state index in [4.69, 9.17) is 11.6 Å². The van der Waals surface area contributed by atoms with E-state index in [1.807, 2.05) is 18.2 Å². The molecule has 2 aromatic carbocycles. The molecule has 1 heterocycles. The Kier molecular flexibility index (Phi) is 9.52. The van der Waals surface area contributed by atoms with Crippen molar-refractivity contribution in [2.24, 2.45) is 11.8 Å².